The molecular weight excluding hydrogens is 234 g/mol. The van der Waals surface area contributed by atoms with Gasteiger partial charge in [-0.2, -0.15) is 0 Å². The highest BCUT2D eigenvalue weighted by molar-refractivity contribution is 5.54. The Morgan fingerprint density at radius 2 is 1.89 bits per heavy atom. The van der Waals surface area contributed by atoms with Gasteiger partial charge in [-0.05, 0) is 37.1 Å². The number of hydrogen-bond donors (Lipinski definition) is 1. The van der Waals surface area contributed by atoms with E-state index >= 15 is 0 Å². The van der Waals surface area contributed by atoms with Gasteiger partial charge in [-0.3, -0.25) is 4.98 Å². The summed E-state index contributed by atoms with van der Waals surface area (Å²) in [4.78, 5) is 6.59. The van der Waals surface area contributed by atoms with E-state index in [9.17, 15) is 0 Å². The lowest BCUT2D eigenvalue weighted by atomic mass is 10.1. The van der Waals surface area contributed by atoms with Gasteiger partial charge in [-0.25, -0.2) is 0 Å². The molecule has 1 unspecified atom stereocenters. The Bertz CT molecular complexity index is 534. The number of benzene rings is 1. The number of likely N-dealkylation sites (N-methyl/N-ethyl adjacent to an activating group) is 1. The Balaban J connectivity index is 2.32. The van der Waals surface area contributed by atoms with Crippen LogP contribution in [0.4, 0.5) is 5.69 Å². The maximum absolute atomic E-state index is 5.96. The van der Waals surface area contributed by atoms with Gasteiger partial charge in [0, 0.05) is 31.2 Å². The van der Waals surface area contributed by atoms with E-state index in [1.165, 1.54) is 11.3 Å². The Morgan fingerprint density at radius 3 is 2.47 bits per heavy atom. The van der Waals surface area contributed by atoms with Crippen molar-refractivity contribution in [1.29, 1.82) is 0 Å². The number of anilines is 1. The molecule has 19 heavy (non-hydrogen) atoms. The van der Waals surface area contributed by atoms with E-state index in [0.29, 0.717) is 6.54 Å². The van der Waals surface area contributed by atoms with Crippen LogP contribution in [0.1, 0.15) is 22.9 Å². The summed E-state index contributed by atoms with van der Waals surface area (Å²) >= 11 is 0. The lowest BCUT2D eigenvalue weighted by Gasteiger charge is -2.30. The van der Waals surface area contributed by atoms with Gasteiger partial charge in [-0.1, -0.05) is 24.3 Å². The molecule has 0 radical (unpaired) electrons. The molecule has 1 atom stereocenters. The van der Waals surface area contributed by atoms with Crippen LogP contribution in [0.25, 0.3) is 0 Å². The molecule has 0 aliphatic rings. The van der Waals surface area contributed by atoms with Crippen molar-refractivity contribution in [1.82, 2.24) is 4.98 Å². The van der Waals surface area contributed by atoms with Crippen molar-refractivity contribution in [2.75, 3.05) is 18.5 Å². The van der Waals surface area contributed by atoms with Crippen LogP contribution in [-0.2, 0) is 0 Å². The van der Waals surface area contributed by atoms with Gasteiger partial charge in [-0.15, -0.1) is 0 Å². The molecule has 0 aliphatic carbocycles. The monoisotopic (exact) mass is 255 g/mol. The molecule has 2 rings (SSSR count). The van der Waals surface area contributed by atoms with Crippen LogP contribution in [0.3, 0.4) is 0 Å². The standard InChI is InChI=1S/C16H21N3/c1-12-6-4-5-7-15(12)19(3)16(10-17)14-9-8-13(2)18-11-14/h4-9,11,16H,10,17H2,1-3H3. The molecule has 0 bridgehead atoms. The normalized spacial score (nSPS) is 12.2. The summed E-state index contributed by atoms with van der Waals surface area (Å²) in [6, 6.07) is 12.6. The zero-order valence-corrected chi connectivity index (χ0v) is 11.8. The van der Waals surface area contributed by atoms with E-state index in [2.05, 4.69) is 54.2 Å². The third-order valence-electron chi connectivity index (χ3n) is 3.51. The third-order valence-corrected chi connectivity index (χ3v) is 3.51. The third kappa shape index (κ3) is 2.93. The molecule has 3 nitrogen and oxygen atoms in total. The molecule has 0 amide bonds. The van der Waals surface area contributed by atoms with Crippen molar-refractivity contribution < 1.29 is 0 Å². The van der Waals surface area contributed by atoms with Gasteiger partial charge in [0.1, 0.15) is 0 Å². The fraction of sp³-hybridized carbons (Fsp3) is 0.312. The van der Waals surface area contributed by atoms with Crippen molar-refractivity contribution in [3.8, 4) is 0 Å². The molecule has 100 valence electrons. The summed E-state index contributed by atoms with van der Waals surface area (Å²) < 4.78 is 0. The molecule has 0 saturated heterocycles. The second-order valence-corrected chi connectivity index (χ2v) is 4.88. The fourth-order valence-electron chi connectivity index (χ4n) is 2.32. The number of nitrogens with two attached hydrogens (primary N) is 1. The minimum Gasteiger partial charge on any atom is -0.366 e. The second-order valence-electron chi connectivity index (χ2n) is 4.88. The molecule has 0 aliphatic heterocycles. The van der Waals surface area contributed by atoms with Crippen LogP contribution in [0, 0.1) is 13.8 Å². The zero-order chi connectivity index (χ0) is 13.8. The number of aromatic nitrogens is 1. The van der Waals surface area contributed by atoms with Gasteiger partial charge in [0.15, 0.2) is 0 Å². The van der Waals surface area contributed by atoms with Gasteiger partial charge in [0.25, 0.3) is 0 Å². The van der Waals surface area contributed by atoms with Crippen LogP contribution >= 0.6 is 0 Å². The van der Waals surface area contributed by atoms with Gasteiger partial charge in [0.2, 0.25) is 0 Å². The Kier molecular flexibility index (Phi) is 4.17. The smallest absolute Gasteiger partial charge is 0.0676 e. The SMILES string of the molecule is Cc1ccc(C(CN)N(C)c2ccccc2C)cn1. The lowest BCUT2D eigenvalue weighted by molar-refractivity contribution is 0.675. The summed E-state index contributed by atoms with van der Waals surface area (Å²) in [6.07, 6.45) is 1.92. The lowest BCUT2D eigenvalue weighted by Crippen LogP contribution is -2.31. The Hall–Kier alpha value is -1.87. The van der Waals surface area contributed by atoms with Crippen molar-refractivity contribution in [3.05, 3.63) is 59.4 Å². The average molecular weight is 255 g/mol. The van der Waals surface area contributed by atoms with Crippen molar-refractivity contribution >= 4 is 5.69 Å². The molecule has 3 heteroatoms. The highest BCUT2D eigenvalue weighted by atomic mass is 15.1. The van der Waals surface area contributed by atoms with E-state index in [1.54, 1.807) is 0 Å². The van der Waals surface area contributed by atoms with Crippen LogP contribution < -0.4 is 10.6 Å². The number of pyridine rings is 1. The number of hydrogen-bond acceptors (Lipinski definition) is 3. The van der Waals surface area contributed by atoms with Gasteiger partial charge >= 0.3 is 0 Å². The Morgan fingerprint density at radius 1 is 1.16 bits per heavy atom. The number of rotatable bonds is 4. The first-order chi connectivity index (χ1) is 9.13. The number of nitrogens with zero attached hydrogens (tertiary/aromatic N) is 2. The molecule has 1 aromatic carbocycles. The first kappa shape index (κ1) is 13.6. The Labute approximate surface area is 115 Å². The summed E-state index contributed by atoms with van der Waals surface area (Å²) in [5.41, 5.74) is 10.6. The highest BCUT2D eigenvalue weighted by Crippen LogP contribution is 2.27. The van der Waals surface area contributed by atoms with Crippen LogP contribution in [0.2, 0.25) is 0 Å². The first-order valence-electron chi connectivity index (χ1n) is 6.54. The van der Waals surface area contributed by atoms with Crippen molar-refractivity contribution in [3.63, 3.8) is 0 Å². The summed E-state index contributed by atoms with van der Waals surface area (Å²) in [5.74, 6) is 0. The molecule has 0 saturated carbocycles. The minimum atomic E-state index is 0.147. The van der Waals surface area contributed by atoms with E-state index in [0.717, 1.165) is 11.3 Å². The second kappa shape index (κ2) is 5.85. The van der Waals surface area contributed by atoms with Crippen LogP contribution in [-0.4, -0.2) is 18.6 Å². The molecule has 0 fully saturated rings. The zero-order valence-electron chi connectivity index (χ0n) is 11.8. The summed E-state index contributed by atoms with van der Waals surface area (Å²) in [7, 11) is 2.08. The van der Waals surface area contributed by atoms with Crippen molar-refractivity contribution in [2.45, 2.75) is 19.9 Å². The highest BCUT2D eigenvalue weighted by Gasteiger charge is 2.17. The topological polar surface area (TPSA) is 42.1 Å². The van der Waals surface area contributed by atoms with Gasteiger partial charge < -0.3 is 10.6 Å². The van der Waals surface area contributed by atoms with Crippen molar-refractivity contribution in [2.24, 2.45) is 5.73 Å². The molecule has 1 heterocycles. The molecular formula is C16H21N3. The summed E-state index contributed by atoms with van der Waals surface area (Å²) in [5, 5.41) is 0. The molecule has 2 aromatic rings. The van der Waals surface area contributed by atoms with Crippen LogP contribution in [0.5, 0.6) is 0 Å². The largest absolute Gasteiger partial charge is 0.366 e. The van der Waals surface area contributed by atoms with E-state index in [4.69, 9.17) is 5.73 Å². The molecule has 0 spiro atoms. The fourth-order valence-corrected chi connectivity index (χ4v) is 2.32. The number of aryl methyl sites for hydroxylation is 2. The number of para-hydroxylation sites is 1. The maximum Gasteiger partial charge on any atom is 0.0676 e. The first-order valence-corrected chi connectivity index (χ1v) is 6.54. The molecule has 2 N–H and O–H groups in total. The minimum absolute atomic E-state index is 0.147. The average Bonchev–Trinajstić information content (AvgIpc) is 2.42. The summed E-state index contributed by atoms with van der Waals surface area (Å²) in [6.45, 7) is 4.68. The van der Waals surface area contributed by atoms with E-state index < -0.39 is 0 Å². The van der Waals surface area contributed by atoms with E-state index in [1.807, 2.05) is 19.2 Å². The quantitative estimate of drug-likeness (QED) is 0.913. The van der Waals surface area contributed by atoms with Gasteiger partial charge in [0.05, 0.1) is 6.04 Å². The maximum atomic E-state index is 5.96. The molecule has 1 aromatic heterocycles. The van der Waals surface area contributed by atoms with Crippen LogP contribution in [0.15, 0.2) is 42.6 Å². The predicted octanol–water partition coefficient (Wildman–Crippen LogP) is 2.83. The van der Waals surface area contributed by atoms with E-state index in [-0.39, 0.29) is 6.04 Å². The predicted molar refractivity (Wildman–Crippen MR) is 80.4 cm³/mol.